The Morgan fingerprint density at radius 1 is 0.610 bits per heavy atom. The van der Waals surface area contributed by atoms with Gasteiger partial charge in [0.15, 0.2) is 0 Å². The third kappa shape index (κ3) is 12.6. The number of imidazole rings is 1. The zero-order chi connectivity index (χ0) is 29.0. The van der Waals surface area contributed by atoms with Gasteiger partial charge in [0, 0.05) is 6.42 Å². The second-order valence-corrected chi connectivity index (χ2v) is 12.5. The first-order chi connectivity index (χ1) is 20.2. The summed E-state index contributed by atoms with van der Waals surface area (Å²) in [7, 11) is 0. The summed E-state index contributed by atoms with van der Waals surface area (Å²) in [6, 6.07) is 22.1. The molecule has 0 amide bonds. The average molecular weight is 558 g/mol. The Morgan fingerprint density at radius 3 is 1.66 bits per heavy atom. The van der Waals surface area contributed by atoms with E-state index in [1.807, 2.05) is 0 Å². The second kappa shape index (κ2) is 20.5. The van der Waals surface area contributed by atoms with Crippen molar-refractivity contribution in [2.45, 2.75) is 155 Å². The molecule has 0 saturated carbocycles. The van der Waals surface area contributed by atoms with Crippen molar-refractivity contribution >= 4 is 0 Å². The zero-order valence-corrected chi connectivity index (χ0v) is 27.0. The van der Waals surface area contributed by atoms with Crippen LogP contribution in [0, 0.1) is 0 Å². The van der Waals surface area contributed by atoms with Gasteiger partial charge in [0.1, 0.15) is 11.9 Å². The number of unbranched alkanes of at least 4 members (excludes halogenated alkanes) is 14. The fourth-order valence-corrected chi connectivity index (χ4v) is 6.34. The first kappa shape index (κ1) is 33.2. The Morgan fingerprint density at radius 2 is 1.12 bits per heavy atom. The molecule has 0 aliphatic carbocycles. The molecule has 0 N–H and O–H groups in total. The lowest BCUT2D eigenvalue weighted by molar-refractivity contribution is -0.710. The van der Waals surface area contributed by atoms with E-state index in [4.69, 9.17) is 0 Å². The van der Waals surface area contributed by atoms with Crippen molar-refractivity contribution < 1.29 is 4.57 Å². The van der Waals surface area contributed by atoms with Crippen molar-refractivity contribution in [1.29, 1.82) is 0 Å². The van der Waals surface area contributed by atoms with Crippen LogP contribution < -0.4 is 4.57 Å². The maximum atomic E-state index is 2.70. The van der Waals surface area contributed by atoms with Gasteiger partial charge in [0.25, 0.3) is 5.82 Å². The first-order valence-corrected chi connectivity index (χ1v) is 17.4. The molecular formula is C39H61N2+. The van der Waals surface area contributed by atoms with Gasteiger partial charge in [-0.3, -0.25) is 0 Å². The molecule has 0 fully saturated rings. The van der Waals surface area contributed by atoms with E-state index in [0.717, 1.165) is 25.9 Å². The topological polar surface area (TPSA) is 8.81 Å². The largest absolute Gasteiger partial charge is 0.261 e. The van der Waals surface area contributed by atoms with Crippen molar-refractivity contribution in [2.75, 3.05) is 0 Å². The van der Waals surface area contributed by atoms with Crippen molar-refractivity contribution in [1.82, 2.24) is 4.57 Å². The molecule has 0 aliphatic heterocycles. The van der Waals surface area contributed by atoms with Crippen LogP contribution in [0.15, 0.2) is 66.9 Å². The van der Waals surface area contributed by atoms with Crippen LogP contribution in [0.2, 0.25) is 0 Å². The summed E-state index contributed by atoms with van der Waals surface area (Å²) >= 11 is 0. The third-order valence-electron chi connectivity index (χ3n) is 8.83. The molecule has 2 nitrogen and oxygen atoms in total. The Labute approximate surface area is 253 Å². The summed E-state index contributed by atoms with van der Waals surface area (Å²) in [5, 5.41) is 0. The lowest BCUT2D eigenvalue weighted by Gasteiger charge is -2.12. The third-order valence-corrected chi connectivity index (χ3v) is 8.83. The second-order valence-electron chi connectivity index (χ2n) is 12.5. The van der Waals surface area contributed by atoms with Crippen LogP contribution in [-0.4, -0.2) is 4.57 Å². The maximum absolute atomic E-state index is 2.70. The number of hydrogen-bond donors (Lipinski definition) is 0. The monoisotopic (exact) mass is 557 g/mol. The summed E-state index contributed by atoms with van der Waals surface area (Å²) in [6.45, 7) is 9.24. The Kier molecular flexibility index (Phi) is 16.6. The van der Waals surface area contributed by atoms with Gasteiger partial charge < -0.3 is 0 Å². The molecule has 2 aromatic carbocycles. The average Bonchev–Trinajstić information content (AvgIpc) is 3.31. The number of rotatable bonds is 23. The lowest BCUT2D eigenvalue weighted by Crippen LogP contribution is -2.41. The lowest BCUT2D eigenvalue weighted by atomic mass is 9.96. The molecule has 0 bridgehead atoms. The van der Waals surface area contributed by atoms with Crippen LogP contribution in [0.5, 0.6) is 0 Å². The minimum absolute atomic E-state index is 0.519. The number of aryl methyl sites for hydroxylation is 1. The van der Waals surface area contributed by atoms with E-state index in [-0.39, 0.29) is 0 Å². The molecule has 1 aromatic heterocycles. The number of aromatic nitrogens is 2. The Bertz CT molecular complexity index is 1040. The normalized spacial score (nSPS) is 12.2. The first-order valence-electron chi connectivity index (χ1n) is 17.4. The quantitative estimate of drug-likeness (QED) is 0.0810. The van der Waals surface area contributed by atoms with E-state index in [1.54, 1.807) is 0 Å². The standard InChI is InChI=1S/C39H61N2/c1-4-6-7-8-9-10-11-12-13-14-15-16-17-18-25-31-41-38(32-35(3)37-28-23-20-24-29-37)34-40(30-5-2)39(41)33-36-26-21-19-22-27-36/h19-24,26-29,34-35H,4-18,25,30-33H2,1-3H3/q+1. The highest BCUT2D eigenvalue weighted by Gasteiger charge is 2.24. The van der Waals surface area contributed by atoms with Crippen molar-refractivity contribution in [3.05, 3.63) is 89.5 Å². The van der Waals surface area contributed by atoms with Gasteiger partial charge in [-0.05, 0) is 36.3 Å². The highest BCUT2D eigenvalue weighted by atomic mass is 15.2. The van der Waals surface area contributed by atoms with Crippen molar-refractivity contribution in [3.8, 4) is 0 Å². The molecule has 0 radical (unpaired) electrons. The molecule has 3 aromatic rings. The minimum Gasteiger partial charge on any atom is -0.234 e. The number of benzene rings is 2. The fraction of sp³-hybridized carbons (Fsp3) is 0.615. The smallest absolute Gasteiger partial charge is 0.234 e. The fourth-order valence-electron chi connectivity index (χ4n) is 6.34. The highest BCUT2D eigenvalue weighted by Crippen LogP contribution is 2.21. The molecule has 41 heavy (non-hydrogen) atoms. The number of hydrogen-bond acceptors (Lipinski definition) is 0. The highest BCUT2D eigenvalue weighted by molar-refractivity contribution is 5.21. The summed E-state index contributed by atoms with van der Waals surface area (Å²) in [5.74, 6) is 2.00. The van der Waals surface area contributed by atoms with Gasteiger partial charge in [-0.2, -0.15) is 0 Å². The summed E-state index contributed by atoms with van der Waals surface area (Å²) in [5.41, 5.74) is 4.36. The minimum atomic E-state index is 0.519. The van der Waals surface area contributed by atoms with E-state index < -0.39 is 0 Å². The van der Waals surface area contributed by atoms with Gasteiger partial charge in [-0.1, -0.05) is 165 Å². The van der Waals surface area contributed by atoms with E-state index in [9.17, 15) is 0 Å². The molecule has 1 atom stereocenters. The summed E-state index contributed by atoms with van der Waals surface area (Å²) in [4.78, 5) is 0. The van der Waals surface area contributed by atoms with Crippen LogP contribution in [0.25, 0.3) is 0 Å². The molecule has 0 saturated heterocycles. The predicted molar refractivity (Wildman–Crippen MR) is 178 cm³/mol. The van der Waals surface area contributed by atoms with Crippen LogP contribution in [-0.2, 0) is 25.9 Å². The zero-order valence-electron chi connectivity index (χ0n) is 27.0. The van der Waals surface area contributed by atoms with E-state index in [1.165, 1.54) is 125 Å². The van der Waals surface area contributed by atoms with Crippen LogP contribution in [0.4, 0.5) is 0 Å². The predicted octanol–water partition coefficient (Wildman–Crippen LogP) is 11.0. The molecule has 2 heteroatoms. The molecule has 0 spiro atoms. The van der Waals surface area contributed by atoms with E-state index >= 15 is 0 Å². The molecule has 226 valence electrons. The molecular weight excluding hydrogens is 496 g/mol. The number of nitrogens with zero attached hydrogens (tertiary/aromatic N) is 2. The van der Waals surface area contributed by atoms with Gasteiger partial charge >= 0.3 is 0 Å². The van der Waals surface area contributed by atoms with Crippen molar-refractivity contribution in [2.24, 2.45) is 0 Å². The van der Waals surface area contributed by atoms with Crippen LogP contribution in [0.3, 0.4) is 0 Å². The molecule has 3 rings (SSSR count). The summed E-state index contributed by atoms with van der Waals surface area (Å²) in [6.07, 6.45) is 27.0. The van der Waals surface area contributed by atoms with Crippen LogP contribution in [0.1, 0.15) is 152 Å². The molecule has 0 aliphatic rings. The van der Waals surface area contributed by atoms with E-state index in [0.29, 0.717) is 5.92 Å². The maximum Gasteiger partial charge on any atom is 0.261 e. The van der Waals surface area contributed by atoms with Crippen molar-refractivity contribution in [3.63, 3.8) is 0 Å². The summed E-state index contributed by atoms with van der Waals surface area (Å²) < 4.78 is 5.26. The van der Waals surface area contributed by atoms with Gasteiger partial charge in [0.05, 0.1) is 19.5 Å². The van der Waals surface area contributed by atoms with Gasteiger partial charge in [-0.15, -0.1) is 0 Å². The van der Waals surface area contributed by atoms with Gasteiger partial charge in [0.2, 0.25) is 0 Å². The van der Waals surface area contributed by atoms with Gasteiger partial charge in [-0.25, -0.2) is 9.13 Å². The van der Waals surface area contributed by atoms with E-state index in [2.05, 4.69) is 96.8 Å². The van der Waals surface area contributed by atoms with Crippen LogP contribution >= 0.6 is 0 Å². The molecule has 1 unspecified atom stereocenters. The Hall–Kier alpha value is -2.35. The SMILES string of the molecule is CCCCCCCCCCCCCCCCC[n+]1c(CC(C)c2ccccc2)cn(CCC)c1Cc1ccccc1. The Balaban J connectivity index is 1.48. The molecule has 1 heterocycles.